The fraction of sp³-hybridized carbons (Fsp3) is 0.350. The number of nitrogens with one attached hydrogen (secondary N) is 3. The molecule has 3 aromatic rings. The summed E-state index contributed by atoms with van der Waals surface area (Å²) in [5.41, 5.74) is 1.42. The topological polar surface area (TPSA) is 126 Å². The SMILES string of the molecule is CC(C)c1c[nH]c2ncnc(Nc3cccc(S(=O)(=O)NC(=O)OC(C)(C)C)c3)c12. The molecule has 9 nitrogen and oxygen atoms in total. The van der Waals surface area contributed by atoms with Crippen molar-refractivity contribution in [3.63, 3.8) is 0 Å². The molecule has 1 aromatic carbocycles. The van der Waals surface area contributed by atoms with Gasteiger partial charge in [-0.15, -0.1) is 0 Å². The first kappa shape index (κ1) is 21.6. The molecule has 0 aliphatic rings. The van der Waals surface area contributed by atoms with Crippen molar-refractivity contribution in [3.8, 4) is 0 Å². The van der Waals surface area contributed by atoms with E-state index in [1.54, 1.807) is 32.9 Å². The highest BCUT2D eigenvalue weighted by Gasteiger charge is 2.23. The van der Waals surface area contributed by atoms with Crippen molar-refractivity contribution in [1.82, 2.24) is 19.7 Å². The number of aromatic nitrogens is 3. The zero-order valence-electron chi connectivity index (χ0n) is 17.5. The minimum atomic E-state index is -4.10. The van der Waals surface area contributed by atoms with E-state index in [1.807, 2.05) is 10.9 Å². The zero-order chi connectivity index (χ0) is 22.1. The Hall–Kier alpha value is -3.14. The van der Waals surface area contributed by atoms with E-state index in [9.17, 15) is 13.2 Å². The van der Waals surface area contributed by atoms with Crippen LogP contribution in [0.4, 0.5) is 16.3 Å². The molecule has 0 saturated carbocycles. The molecule has 3 N–H and O–H groups in total. The summed E-state index contributed by atoms with van der Waals surface area (Å²) >= 11 is 0. The minimum absolute atomic E-state index is 0.0817. The predicted molar refractivity (Wildman–Crippen MR) is 114 cm³/mol. The number of aromatic amines is 1. The van der Waals surface area contributed by atoms with Gasteiger partial charge in [-0.05, 0) is 50.5 Å². The zero-order valence-corrected chi connectivity index (χ0v) is 18.3. The number of hydrogen-bond acceptors (Lipinski definition) is 7. The van der Waals surface area contributed by atoms with Crippen LogP contribution in [0.25, 0.3) is 11.0 Å². The lowest BCUT2D eigenvalue weighted by atomic mass is 10.0. The maximum atomic E-state index is 12.6. The fourth-order valence-corrected chi connectivity index (χ4v) is 3.80. The minimum Gasteiger partial charge on any atom is -0.443 e. The van der Waals surface area contributed by atoms with E-state index in [1.165, 1.54) is 18.5 Å². The van der Waals surface area contributed by atoms with Crippen LogP contribution in [-0.2, 0) is 14.8 Å². The van der Waals surface area contributed by atoms with E-state index in [2.05, 4.69) is 34.1 Å². The quantitative estimate of drug-likeness (QED) is 0.556. The number of anilines is 2. The largest absolute Gasteiger partial charge is 0.443 e. The first-order valence-corrected chi connectivity index (χ1v) is 10.9. The molecule has 0 bridgehead atoms. The lowest BCUT2D eigenvalue weighted by Crippen LogP contribution is -2.36. The second kappa shape index (κ2) is 7.94. The molecule has 2 heterocycles. The summed E-state index contributed by atoms with van der Waals surface area (Å²) in [6.07, 6.45) is 2.28. The van der Waals surface area contributed by atoms with Gasteiger partial charge < -0.3 is 15.0 Å². The average Bonchev–Trinajstić information content (AvgIpc) is 3.05. The molecular formula is C20H25N5O4S. The van der Waals surface area contributed by atoms with Crippen molar-refractivity contribution in [3.05, 3.63) is 42.4 Å². The van der Waals surface area contributed by atoms with Crippen molar-refractivity contribution in [2.24, 2.45) is 0 Å². The molecule has 0 saturated heterocycles. The van der Waals surface area contributed by atoms with Gasteiger partial charge in [0.25, 0.3) is 10.0 Å². The summed E-state index contributed by atoms with van der Waals surface area (Å²) in [6, 6.07) is 6.10. The molecule has 0 atom stereocenters. The molecule has 0 unspecified atom stereocenters. The van der Waals surface area contributed by atoms with E-state index in [-0.39, 0.29) is 10.8 Å². The van der Waals surface area contributed by atoms with Gasteiger partial charge in [-0.1, -0.05) is 19.9 Å². The fourth-order valence-electron chi connectivity index (χ4n) is 2.88. The normalized spacial score (nSPS) is 12.2. The molecule has 0 radical (unpaired) electrons. The van der Waals surface area contributed by atoms with Gasteiger partial charge in [-0.25, -0.2) is 27.9 Å². The molecule has 0 aliphatic heterocycles. The van der Waals surface area contributed by atoms with Crippen molar-refractivity contribution < 1.29 is 17.9 Å². The highest BCUT2D eigenvalue weighted by Crippen LogP contribution is 2.31. The second-order valence-electron chi connectivity index (χ2n) is 8.10. The molecule has 0 aliphatic carbocycles. The van der Waals surface area contributed by atoms with Crippen LogP contribution in [0.3, 0.4) is 0 Å². The van der Waals surface area contributed by atoms with Gasteiger partial charge >= 0.3 is 6.09 Å². The number of fused-ring (bicyclic) bond motifs is 1. The summed E-state index contributed by atoms with van der Waals surface area (Å²) in [4.78, 5) is 23.5. The third-order valence-electron chi connectivity index (χ3n) is 4.15. The Morgan fingerprint density at radius 1 is 1.20 bits per heavy atom. The van der Waals surface area contributed by atoms with Gasteiger partial charge in [-0.3, -0.25) is 0 Å². The van der Waals surface area contributed by atoms with E-state index in [4.69, 9.17) is 4.74 Å². The van der Waals surface area contributed by atoms with Gasteiger partial charge in [0.1, 0.15) is 23.4 Å². The molecule has 3 rings (SSSR count). The smallest absolute Gasteiger partial charge is 0.421 e. The summed E-state index contributed by atoms with van der Waals surface area (Å²) in [6.45, 7) is 9.08. The van der Waals surface area contributed by atoms with Crippen LogP contribution in [0.15, 0.2) is 41.7 Å². The third-order valence-corrected chi connectivity index (χ3v) is 5.46. The van der Waals surface area contributed by atoms with Crippen molar-refractivity contribution >= 4 is 38.7 Å². The van der Waals surface area contributed by atoms with E-state index in [0.717, 1.165) is 10.9 Å². The number of ether oxygens (including phenoxy) is 1. The van der Waals surface area contributed by atoms with Crippen LogP contribution in [0, 0.1) is 0 Å². The average molecular weight is 432 g/mol. The van der Waals surface area contributed by atoms with Crippen LogP contribution in [0.5, 0.6) is 0 Å². The van der Waals surface area contributed by atoms with Gasteiger partial charge in [0.05, 0.1) is 10.3 Å². The van der Waals surface area contributed by atoms with Gasteiger partial charge in [0.15, 0.2) is 0 Å². The summed E-state index contributed by atoms with van der Waals surface area (Å²) in [5.74, 6) is 0.801. The van der Waals surface area contributed by atoms with Gasteiger partial charge in [-0.2, -0.15) is 0 Å². The Balaban J connectivity index is 1.89. The van der Waals surface area contributed by atoms with Crippen LogP contribution >= 0.6 is 0 Å². The standard InChI is InChI=1S/C20H25N5O4S/c1-12(2)15-10-21-17-16(15)18(23-11-22-17)24-13-7-6-8-14(9-13)30(27,28)25-19(26)29-20(3,4)5/h6-12H,1-5H3,(H,25,26)(H2,21,22,23,24). The maximum Gasteiger partial charge on any atom is 0.421 e. The highest BCUT2D eigenvalue weighted by atomic mass is 32.2. The monoisotopic (exact) mass is 431 g/mol. The van der Waals surface area contributed by atoms with Crippen LogP contribution in [0.1, 0.15) is 46.1 Å². The Bertz CT molecular complexity index is 1180. The van der Waals surface area contributed by atoms with Crippen molar-refractivity contribution in [2.75, 3.05) is 5.32 Å². The highest BCUT2D eigenvalue weighted by molar-refractivity contribution is 7.90. The number of carbonyl (C=O) groups excluding carboxylic acids is 1. The van der Waals surface area contributed by atoms with E-state index >= 15 is 0 Å². The second-order valence-corrected chi connectivity index (χ2v) is 9.79. The number of amides is 1. The summed E-state index contributed by atoms with van der Waals surface area (Å²) in [5, 5.41) is 3.99. The van der Waals surface area contributed by atoms with Crippen molar-refractivity contribution in [2.45, 2.75) is 51.0 Å². The molecule has 1 amide bonds. The summed E-state index contributed by atoms with van der Waals surface area (Å²) in [7, 11) is -4.10. The Labute approximate surface area is 175 Å². The van der Waals surface area contributed by atoms with Crippen LogP contribution in [0.2, 0.25) is 0 Å². The Morgan fingerprint density at radius 3 is 2.60 bits per heavy atom. The Morgan fingerprint density at radius 2 is 1.93 bits per heavy atom. The first-order valence-electron chi connectivity index (χ1n) is 9.41. The number of nitrogens with zero attached hydrogens (tertiary/aromatic N) is 2. The van der Waals surface area contributed by atoms with Gasteiger partial charge in [0.2, 0.25) is 0 Å². The molecule has 160 valence electrons. The number of sulfonamides is 1. The number of hydrogen-bond donors (Lipinski definition) is 3. The summed E-state index contributed by atoms with van der Waals surface area (Å²) < 4.78 is 32.1. The van der Waals surface area contributed by atoms with Gasteiger partial charge in [0, 0.05) is 11.9 Å². The predicted octanol–water partition coefficient (Wildman–Crippen LogP) is 4.04. The molecule has 30 heavy (non-hydrogen) atoms. The number of rotatable bonds is 5. The third kappa shape index (κ3) is 4.88. The number of H-pyrrole nitrogens is 1. The van der Waals surface area contributed by atoms with Crippen molar-refractivity contribution in [1.29, 1.82) is 0 Å². The van der Waals surface area contributed by atoms with Crippen LogP contribution in [-0.4, -0.2) is 35.1 Å². The number of carbonyl (C=O) groups is 1. The molecule has 0 fully saturated rings. The maximum absolute atomic E-state index is 12.6. The lowest BCUT2D eigenvalue weighted by molar-refractivity contribution is 0.0570. The first-order chi connectivity index (χ1) is 14.0. The van der Waals surface area contributed by atoms with Crippen LogP contribution < -0.4 is 10.0 Å². The molecule has 2 aromatic heterocycles. The lowest BCUT2D eigenvalue weighted by Gasteiger charge is -2.19. The molecule has 0 spiro atoms. The molecular weight excluding hydrogens is 406 g/mol. The van der Waals surface area contributed by atoms with E-state index in [0.29, 0.717) is 17.2 Å². The number of benzene rings is 1. The van der Waals surface area contributed by atoms with E-state index < -0.39 is 21.7 Å². The Kier molecular flexibility index (Phi) is 5.71. The molecule has 10 heteroatoms.